The molecule has 0 spiro atoms. The summed E-state index contributed by atoms with van der Waals surface area (Å²) in [7, 11) is 0. The van der Waals surface area contributed by atoms with E-state index in [4.69, 9.17) is 4.98 Å². The van der Waals surface area contributed by atoms with Gasteiger partial charge < -0.3 is 9.88 Å². The van der Waals surface area contributed by atoms with Gasteiger partial charge in [-0.25, -0.2) is 4.98 Å². The van der Waals surface area contributed by atoms with Crippen LogP contribution in [0.4, 0.5) is 0 Å². The fourth-order valence-corrected chi connectivity index (χ4v) is 3.18. The van der Waals surface area contributed by atoms with Crippen LogP contribution in [0.25, 0.3) is 11.0 Å². The molecule has 2 aromatic rings. The fourth-order valence-electron chi connectivity index (χ4n) is 2.93. The van der Waals surface area contributed by atoms with Crippen molar-refractivity contribution in [2.24, 2.45) is 5.92 Å². The molecule has 1 N–H and O–H groups in total. The molecule has 0 saturated heterocycles. The van der Waals surface area contributed by atoms with Gasteiger partial charge in [-0.3, -0.25) is 4.79 Å². The van der Waals surface area contributed by atoms with Crippen molar-refractivity contribution in [2.75, 3.05) is 6.54 Å². The average molecular weight is 392 g/mol. The molecule has 0 unspecified atom stereocenters. The summed E-state index contributed by atoms with van der Waals surface area (Å²) in [6.45, 7) is 9.46. The quantitative estimate of drug-likeness (QED) is 0.642. The van der Waals surface area contributed by atoms with E-state index in [1.54, 1.807) is 0 Å². The van der Waals surface area contributed by atoms with Gasteiger partial charge in [0.25, 0.3) is 0 Å². The van der Waals surface area contributed by atoms with Gasteiger partial charge in [-0.1, -0.05) is 48.5 Å². The standard InChI is InChI=1S/C19H26BrN3O/c1-4-15(5-2)19(24)21-12-8-11-18-22-16-9-6-7-10-17(16)23(18)13-14(3)20/h6-7,9-10,15H,3-5,8,11-13H2,1-2H3,(H,21,24). The summed E-state index contributed by atoms with van der Waals surface area (Å²) in [5.41, 5.74) is 2.12. The summed E-state index contributed by atoms with van der Waals surface area (Å²) in [6, 6.07) is 8.14. The van der Waals surface area contributed by atoms with Crippen LogP contribution in [0.15, 0.2) is 35.3 Å². The predicted molar refractivity (Wildman–Crippen MR) is 103 cm³/mol. The number of imidazole rings is 1. The number of amides is 1. The molecule has 2 rings (SSSR count). The predicted octanol–water partition coefficient (Wildman–Crippen LogP) is 4.43. The van der Waals surface area contributed by atoms with E-state index < -0.39 is 0 Å². The lowest BCUT2D eigenvalue weighted by Crippen LogP contribution is -2.31. The molecule has 0 saturated carbocycles. The van der Waals surface area contributed by atoms with Crippen LogP contribution in [-0.2, 0) is 17.8 Å². The topological polar surface area (TPSA) is 46.9 Å². The second-order valence-electron chi connectivity index (χ2n) is 6.03. The first kappa shape index (κ1) is 18.7. The van der Waals surface area contributed by atoms with E-state index in [1.165, 1.54) is 0 Å². The number of hydrogen-bond donors (Lipinski definition) is 1. The van der Waals surface area contributed by atoms with Gasteiger partial charge in [0.15, 0.2) is 0 Å². The third-order valence-electron chi connectivity index (χ3n) is 4.30. The SMILES string of the molecule is C=C(Br)Cn1c(CCCNC(=O)C(CC)CC)nc2ccccc21. The van der Waals surface area contributed by atoms with Crippen molar-refractivity contribution in [2.45, 2.75) is 46.1 Å². The lowest BCUT2D eigenvalue weighted by Gasteiger charge is -2.13. The maximum absolute atomic E-state index is 12.0. The van der Waals surface area contributed by atoms with Crippen LogP contribution < -0.4 is 5.32 Å². The molecule has 0 aliphatic heterocycles. The summed E-state index contributed by atoms with van der Waals surface area (Å²) in [5.74, 6) is 1.34. The number of carbonyl (C=O) groups is 1. The number of fused-ring (bicyclic) bond motifs is 1. The molecule has 0 radical (unpaired) electrons. The molecule has 130 valence electrons. The van der Waals surface area contributed by atoms with Gasteiger partial charge in [0, 0.05) is 23.4 Å². The highest BCUT2D eigenvalue weighted by Crippen LogP contribution is 2.19. The van der Waals surface area contributed by atoms with Gasteiger partial charge in [-0.05, 0) is 31.4 Å². The van der Waals surface area contributed by atoms with Crippen LogP contribution in [0.1, 0.15) is 38.9 Å². The van der Waals surface area contributed by atoms with Gasteiger partial charge in [-0.15, -0.1) is 0 Å². The van der Waals surface area contributed by atoms with Crippen LogP contribution >= 0.6 is 15.9 Å². The minimum atomic E-state index is 0.131. The number of allylic oxidation sites excluding steroid dienone is 1. The third kappa shape index (κ3) is 4.69. The molecule has 1 amide bonds. The smallest absolute Gasteiger partial charge is 0.223 e. The van der Waals surface area contributed by atoms with E-state index in [0.29, 0.717) is 13.1 Å². The average Bonchev–Trinajstić information content (AvgIpc) is 2.90. The van der Waals surface area contributed by atoms with Crippen LogP contribution in [0.3, 0.4) is 0 Å². The minimum absolute atomic E-state index is 0.131. The number of carbonyl (C=O) groups excluding carboxylic acids is 1. The Bertz CT molecular complexity index is 704. The highest BCUT2D eigenvalue weighted by Gasteiger charge is 2.14. The number of nitrogens with zero attached hydrogens (tertiary/aromatic N) is 2. The van der Waals surface area contributed by atoms with Gasteiger partial charge in [0.05, 0.1) is 17.6 Å². The molecule has 5 heteroatoms. The summed E-state index contributed by atoms with van der Waals surface area (Å²) < 4.78 is 3.11. The van der Waals surface area contributed by atoms with Crippen molar-refractivity contribution in [3.63, 3.8) is 0 Å². The largest absolute Gasteiger partial charge is 0.356 e. The van der Waals surface area contributed by atoms with E-state index in [2.05, 4.69) is 52.3 Å². The first-order valence-corrected chi connectivity index (χ1v) is 9.41. The third-order valence-corrected chi connectivity index (χ3v) is 4.55. The molecular formula is C19H26BrN3O. The Morgan fingerprint density at radius 3 is 2.71 bits per heavy atom. The molecule has 1 aromatic carbocycles. The van der Waals surface area contributed by atoms with E-state index >= 15 is 0 Å². The zero-order valence-corrected chi connectivity index (χ0v) is 16.1. The zero-order valence-electron chi connectivity index (χ0n) is 14.5. The first-order valence-electron chi connectivity index (χ1n) is 8.61. The van der Waals surface area contributed by atoms with Gasteiger partial charge in [-0.2, -0.15) is 0 Å². The highest BCUT2D eigenvalue weighted by atomic mass is 79.9. The Balaban J connectivity index is 1.99. The number of nitrogens with one attached hydrogen (secondary N) is 1. The van der Waals surface area contributed by atoms with Crippen molar-refractivity contribution >= 4 is 32.9 Å². The van der Waals surface area contributed by atoms with Gasteiger partial charge >= 0.3 is 0 Å². The molecule has 24 heavy (non-hydrogen) atoms. The Kier molecular flexibility index (Phi) is 7.03. The second kappa shape index (κ2) is 9.02. The Morgan fingerprint density at radius 2 is 2.04 bits per heavy atom. The summed E-state index contributed by atoms with van der Waals surface area (Å²) >= 11 is 3.45. The van der Waals surface area contributed by atoms with Crippen molar-refractivity contribution in [1.29, 1.82) is 0 Å². The normalized spacial score (nSPS) is 11.2. The maximum Gasteiger partial charge on any atom is 0.223 e. The number of aryl methyl sites for hydroxylation is 1. The second-order valence-corrected chi connectivity index (χ2v) is 7.15. The van der Waals surface area contributed by atoms with Crippen molar-refractivity contribution in [3.05, 3.63) is 41.2 Å². The number of aromatic nitrogens is 2. The minimum Gasteiger partial charge on any atom is -0.356 e. The number of benzene rings is 1. The number of halogens is 1. The van der Waals surface area contributed by atoms with Crippen molar-refractivity contribution in [1.82, 2.24) is 14.9 Å². The molecular weight excluding hydrogens is 366 g/mol. The van der Waals surface area contributed by atoms with Crippen LogP contribution in [0, 0.1) is 5.92 Å². The molecule has 0 aliphatic carbocycles. The Hall–Kier alpha value is -1.62. The monoisotopic (exact) mass is 391 g/mol. The van der Waals surface area contributed by atoms with E-state index in [0.717, 1.165) is 47.0 Å². The maximum atomic E-state index is 12.0. The molecule has 0 bridgehead atoms. The first-order chi connectivity index (χ1) is 11.6. The zero-order chi connectivity index (χ0) is 17.5. The molecule has 0 aliphatic rings. The highest BCUT2D eigenvalue weighted by molar-refractivity contribution is 9.11. The van der Waals surface area contributed by atoms with Crippen molar-refractivity contribution < 1.29 is 4.79 Å². The molecule has 0 atom stereocenters. The van der Waals surface area contributed by atoms with E-state index in [1.807, 2.05) is 18.2 Å². The number of hydrogen-bond acceptors (Lipinski definition) is 2. The summed E-state index contributed by atoms with van der Waals surface area (Å²) in [4.78, 5) is 16.8. The van der Waals surface area contributed by atoms with Crippen molar-refractivity contribution in [3.8, 4) is 0 Å². The fraction of sp³-hybridized carbons (Fsp3) is 0.474. The van der Waals surface area contributed by atoms with Gasteiger partial charge in [0.1, 0.15) is 5.82 Å². The molecule has 0 fully saturated rings. The number of rotatable bonds is 9. The van der Waals surface area contributed by atoms with E-state index in [9.17, 15) is 4.79 Å². The molecule has 4 nitrogen and oxygen atoms in total. The van der Waals surface area contributed by atoms with Gasteiger partial charge in [0.2, 0.25) is 5.91 Å². The van der Waals surface area contributed by atoms with Crippen LogP contribution in [0.5, 0.6) is 0 Å². The summed E-state index contributed by atoms with van der Waals surface area (Å²) in [5, 5.41) is 3.05. The lowest BCUT2D eigenvalue weighted by atomic mass is 10.0. The van der Waals surface area contributed by atoms with Crippen LogP contribution in [-0.4, -0.2) is 22.0 Å². The van der Waals surface area contributed by atoms with E-state index in [-0.39, 0.29) is 11.8 Å². The Morgan fingerprint density at radius 1 is 1.33 bits per heavy atom. The lowest BCUT2D eigenvalue weighted by molar-refractivity contribution is -0.125. The molecule has 1 aromatic heterocycles. The van der Waals surface area contributed by atoms with Crippen LogP contribution in [0.2, 0.25) is 0 Å². The Labute approximate surface area is 152 Å². The number of para-hydroxylation sites is 2. The summed E-state index contributed by atoms with van der Waals surface area (Å²) in [6.07, 6.45) is 3.50. The molecule has 1 heterocycles.